The lowest BCUT2D eigenvalue weighted by atomic mass is 9.98. The number of hydrogen-bond acceptors (Lipinski definition) is 5. The highest BCUT2D eigenvalue weighted by molar-refractivity contribution is 7.89. The summed E-state index contributed by atoms with van der Waals surface area (Å²) in [5.41, 5.74) is 3.44. The molecule has 0 radical (unpaired) electrons. The van der Waals surface area contributed by atoms with Crippen LogP contribution in [0.25, 0.3) is 0 Å². The van der Waals surface area contributed by atoms with Crippen molar-refractivity contribution in [3.8, 4) is 0 Å². The van der Waals surface area contributed by atoms with Crippen molar-refractivity contribution in [2.75, 3.05) is 19.7 Å². The van der Waals surface area contributed by atoms with Crippen molar-refractivity contribution in [3.05, 3.63) is 28.3 Å². The number of piperidine rings is 1. The van der Waals surface area contributed by atoms with Crippen LogP contribution in [0.3, 0.4) is 0 Å². The third kappa shape index (κ3) is 5.40. The number of amides is 1. The molecule has 1 aromatic carbocycles. The number of sulfonamides is 1. The van der Waals surface area contributed by atoms with E-state index in [1.807, 2.05) is 47.6 Å². The lowest BCUT2D eigenvalue weighted by Gasteiger charge is -2.31. The standard InChI is InChI=1S/C22H34N2O5S/c1-7-16(4)23-20(25)13-29-22(26)19-8-10-24(11-9-19)30(27,28)21-17(5)14(2)12-15(3)18(21)6/h12,16,19H,7-11,13H2,1-6H3,(H,23,25). The zero-order valence-electron chi connectivity index (χ0n) is 18.9. The average Bonchev–Trinajstić information content (AvgIpc) is 2.70. The lowest BCUT2D eigenvalue weighted by molar-refractivity contribution is -0.153. The molecule has 1 heterocycles. The first-order valence-corrected chi connectivity index (χ1v) is 12.0. The number of carbonyl (C=O) groups is 2. The van der Waals surface area contributed by atoms with E-state index in [0.717, 1.165) is 28.7 Å². The van der Waals surface area contributed by atoms with Gasteiger partial charge in [-0.15, -0.1) is 0 Å². The summed E-state index contributed by atoms with van der Waals surface area (Å²) in [5.74, 6) is -1.15. The normalized spacial score (nSPS) is 16.9. The molecule has 8 heteroatoms. The molecule has 30 heavy (non-hydrogen) atoms. The smallest absolute Gasteiger partial charge is 0.309 e. The zero-order chi connectivity index (χ0) is 22.6. The van der Waals surface area contributed by atoms with Gasteiger partial charge in [-0.3, -0.25) is 9.59 Å². The second kappa shape index (κ2) is 9.92. The van der Waals surface area contributed by atoms with Gasteiger partial charge in [-0.05, 0) is 76.1 Å². The zero-order valence-corrected chi connectivity index (χ0v) is 19.7. The molecule has 1 fully saturated rings. The summed E-state index contributed by atoms with van der Waals surface area (Å²) in [4.78, 5) is 24.5. The molecule has 7 nitrogen and oxygen atoms in total. The van der Waals surface area contributed by atoms with E-state index in [9.17, 15) is 18.0 Å². The van der Waals surface area contributed by atoms with Crippen molar-refractivity contribution in [1.82, 2.24) is 9.62 Å². The molecule has 1 aromatic rings. The second-order valence-electron chi connectivity index (χ2n) is 8.25. The Morgan fingerprint density at radius 3 is 2.17 bits per heavy atom. The molecule has 1 amide bonds. The predicted molar refractivity (Wildman–Crippen MR) is 116 cm³/mol. The topological polar surface area (TPSA) is 92.8 Å². The third-order valence-corrected chi connectivity index (χ3v) is 8.22. The van der Waals surface area contributed by atoms with E-state index >= 15 is 0 Å². The summed E-state index contributed by atoms with van der Waals surface area (Å²) in [6.07, 6.45) is 1.56. The van der Waals surface area contributed by atoms with Crippen LogP contribution in [0.1, 0.15) is 55.4 Å². The van der Waals surface area contributed by atoms with E-state index in [-0.39, 0.29) is 31.6 Å². The van der Waals surface area contributed by atoms with Gasteiger partial charge in [-0.1, -0.05) is 13.0 Å². The second-order valence-corrected chi connectivity index (χ2v) is 10.1. The first-order chi connectivity index (χ1) is 14.0. The molecule has 0 spiro atoms. The molecule has 1 saturated heterocycles. The molecule has 0 aromatic heterocycles. The van der Waals surface area contributed by atoms with E-state index in [1.165, 1.54) is 4.31 Å². The van der Waals surface area contributed by atoms with Gasteiger partial charge in [0.15, 0.2) is 6.61 Å². The van der Waals surface area contributed by atoms with Gasteiger partial charge in [0.05, 0.1) is 10.8 Å². The largest absolute Gasteiger partial charge is 0.455 e. The number of benzene rings is 1. The third-order valence-electron chi connectivity index (χ3n) is 6.05. The van der Waals surface area contributed by atoms with Crippen LogP contribution in [0.4, 0.5) is 0 Å². The maximum absolute atomic E-state index is 13.3. The van der Waals surface area contributed by atoms with Gasteiger partial charge < -0.3 is 10.1 Å². The van der Waals surface area contributed by atoms with Crippen molar-refractivity contribution < 1.29 is 22.7 Å². The summed E-state index contributed by atoms with van der Waals surface area (Å²) in [6, 6.07) is 2.03. The van der Waals surface area contributed by atoms with Gasteiger partial charge in [-0.2, -0.15) is 4.31 Å². The fourth-order valence-electron chi connectivity index (χ4n) is 3.70. The first kappa shape index (κ1) is 24.3. The fraction of sp³-hybridized carbons (Fsp3) is 0.636. The fourth-order valence-corrected chi connectivity index (χ4v) is 5.75. The Kier molecular flexibility index (Phi) is 8.05. The summed E-state index contributed by atoms with van der Waals surface area (Å²) in [7, 11) is -3.64. The molecule has 1 atom stereocenters. The molecular weight excluding hydrogens is 404 g/mol. The molecule has 0 saturated carbocycles. The molecular formula is C22H34N2O5S. The number of rotatable bonds is 7. The van der Waals surface area contributed by atoms with Crippen LogP contribution in [0.5, 0.6) is 0 Å². The monoisotopic (exact) mass is 438 g/mol. The number of carbonyl (C=O) groups excluding carboxylic acids is 2. The van der Waals surface area contributed by atoms with E-state index in [4.69, 9.17) is 4.74 Å². The average molecular weight is 439 g/mol. The number of nitrogens with one attached hydrogen (secondary N) is 1. The van der Waals surface area contributed by atoms with E-state index in [0.29, 0.717) is 17.7 Å². The number of esters is 1. The van der Waals surface area contributed by atoms with Gasteiger partial charge in [-0.25, -0.2) is 8.42 Å². The van der Waals surface area contributed by atoms with Crippen molar-refractivity contribution in [1.29, 1.82) is 0 Å². The quantitative estimate of drug-likeness (QED) is 0.661. The highest BCUT2D eigenvalue weighted by Crippen LogP contribution is 2.31. The predicted octanol–water partition coefficient (Wildman–Crippen LogP) is 2.78. The Hall–Kier alpha value is -1.93. The molecule has 1 aliphatic heterocycles. The molecule has 1 unspecified atom stereocenters. The highest BCUT2D eigenvalue weighted by Gasteiger charge is 2.35. The van der Waals surface area contributed by atoms with Gasteiger partial charge in [0.1, 0.15) is 0 Å². The molecule has 0 aliphatic carbocycles. The van der Waals surface area contributed by atoms with Crippen LogP contribution in [0, 0.1) is 33.6 Å². The minimum atomic E-state index is -3.64. The van der Waals surface area contributed by atoms with Crippen molar-refractivity contribution in [3.63, 3.8) is 0 Å². The molecule has 168 valence electrons. The molecule has 0 bridgehead atoms. The summed E-state index contributed by atoms with van der Waals surface area (Å²) in [6.45, 7) is 11.6. The number of aryl methyl sites for hydroxylation is 2. The van der Waals surface area contributed by atoms with Gasteiger partial charge in [0.2, 0.25) is 10.0 Å². The van der Waals surface area contributed by atoms with Crippen LogP contribution in [0.15, 0.2) is 11.0 Å². The SMILES string of the molecule is CCC(C)NC(=O)COC(=O)C1CCN(S(=O)(=O)c2c(C)c(C)cc(C)c2C)CC1. The van der Waals surface area contributed by atoms with Crippen LogP contribution in [0.2, 0.25) is 0 Å². The minimum Gasteiger partial charge on any atom is -0.455 e. The van der Waals surface area contributed by atoms with Crippen molar-refractivity contribution >= 4 is 21.9 Å². The molecule has 1 N–H and O–H groups in total. The van der Waals surface area contributed by atoms with Crippen LogP contribution in [-0.4, -0.2) is 50.3 Å². The van der Waals surface area contributed by atoms with Crippen LogP contribution in [-0.2, 0) is 24.3 Å². The van der Waals surface area contributed by atoms with Gasteiger partial charge >= 0.3 is 5.97 Å². The van der Waals surface area contributed by atoms with Crippen molar-refractivity contribution in [2.45, 2.75) is 71.7 Å². The van der Waals surface area contributed by atoms with Crippen molar-refractivity contribution in [2.24, 2.45) is 5.92 Å². The minimum absolute atomic E-state index is 0.0295. The molecule has 2 rings (SSSR count). The summed E-state index contributed by atoms with van der Waals surface area (Å²) >= 11 is 0. The van der Waals surface area contributed by atoms with Crippen LogP contribution < -0.4 is 5.32 Å². The molecule has 1 aliphatic rings. The summed E-state index contributed by atoms with van der Waals surface area (Å²) < 4.78 is 33.2. The number of hydrogen-bond donors (Lipinski definition) is 1. The Bertz CT molecular complexity index is 876. The maximum atomic E-state index is 13.3. The number of ether oxygens (including phenoxy) is 1. The van der Waals surface area contributed by atoms with E-state index in [2.05, 4.69) is 5.32 Å². The Morgan fingerprint density at radius 2 is 1.67 bits per heavy atom. The lowest BCUT2D eigenvalue weighted by Crippen LogP contribution is -2.42. The Labute approximate surface area is 180 Å². The highest BCUT2D eigenvalue weighted by atomic mass is 32.2. The summed E-state index contributed by atoms with van der Waals surface area (Å²) in [5, 5.41) is 2.75. The van der Waals surface area contributed by atoms with Gasteiger partial charge in [0.25, 0.3) is 5.91 Å². The number of nitrogens with zero attached hydrogens (tertiary/aromatic N) is 1. The maximum Gasteiger partial charge on any atom is 0.309 e. The first-order valence-electron chi connectivity index (χ1n) is 10.5. The Balaban J connectivity index is 2.00. The van der Waals surface area contributed by atoms with Gasteiger partial charge in [0, 0.05) is 19.1 Å². The van der Waals surface area contributed by atoms with Crippen LogP contribution >= 0.6 is 0 Å². The Morgan fingerprint density at radius 1 is 1.13 bits per heavy atom. The van der Waals surface area contributed by atoms with E-state index < -0.39 is 21.9 Å². The van der Waals surface area contributed by atoms with E-state index in [1.54, 1.807) is 0 Å².